The van der Waals surface area contributed by atoms with E-state index in [2.05, 4.69) is 12.2 Å². The van der Waals surface area contributed by atoms with Crippen molar-refractivity contribution >= 4 is 30.1 Å². The predicted molar refractivity (Wildman–Crippen MR) is 138 cm³/mol. The fraction of sp³-hybridized carbons (Fsp3) is 0.444. The van der Waals surface area contributed by atoms with E-state index in [-0.39, 0.29) is 54.6 Å². The summed E-state index contributed by atoms with van der Waals surface area (Å²) in [4.78, 5) is 24.7. The van der Waals surface area contributed by atoms with Gasteiger partial charge in [0.1, 0.15) is 24.3 Å². The lowest BCUT2D eigenvalue weighted by molar-refractivity contribution is -0.153. The predicted octanol–water partition coefficient (Wildman–Crippen LogP) is 4.45. The lowest BCUT2D eigenvalue weighted by Crippen LogP contribution is -2.31. The van der Waals surface area contributed by atoms with Crippen LogP contribution in [0.15, 0.2) is 48.5 Å². The maximum Gasteiger partial charge on any atom is 0.306 e. The minimum atomic E-state index is -0.359. The molecule has 4 N–H and O–H groups in total. The first-order valence-corrected chi connectivity index (χ1v) is 12.0. The second-order valence-corrected chi connectivity index (χ2v) is 9.55. The standard InChI is InChI=1S/C27H33N3O4.ClH/c1-17-3-2-4-24(13-17)34-25(31)15-21-14-22(30-27(21)32)16-33-23-11-9-19(10-12-23)18-5-7-20(8-6-18)26(28)29;/h5-12,17,21-22,24H,2-4,13-16H2,1H3,(H3,28,29)(H,30,32);1H/t17?,21-,22-,24?;/m0./s1. The Bertz CT molecular complexity index is 1030. The van der Waals surface area contributed by atoms with Crippen LogP contribution < -0.4 is 15.8 Å². The first-order chi connectivity index (χ1) is 16.4. The summed E-state index contributed by atoms with van der Waals surface area (Å²) >= 11 is 0. The van der Waals surface area contributed by atoms with Gasteiger partial charge in [-0.05, 0) is 54.9 Å². The Labute approximate surface area is 212 Å². The van der Waals surface area contributed by atoms with Crippen LogP contribution >= 0.6 is 12.4 Å². The van der Waals surface area contributed by atoms with Crippen molar-refractivity contribution in [2.24, 2.45) is 17.6 Å². The molecule has 2 fully saturated rings. The van der Waals surface area contributed by atoms with Crippen LogP contribution in [-0.4, -0.2) is 36.5 Å². The average molecular weight is 500 g/mol. The lowest BCUT2D eigenvalue weighted by Gasteiger charge is -2.26. The van der Waals surface area contributed by atoms with Gasteiger partial charge in [0.2, 0.25) is 5.91 Å². The summed E-state index contributed by atoms with van der Waals surface area (Å²) in [7, 11) is 0. The fourth-order valence-corrected chi connectivity index (χ4v) is 4.82. The van der Waals surface area contributed by atoms with Crippen LogP contribution in [0.4, 0.5) is 0 Å². The van der Waals surface area contributed by atoms with Crippen molar-refractivity contribution in [3.05, 3.63) is 54.1 Å². The molecule has 0 bridgehead atoms. The Morgan fingerprint density at radius 3 is 2.34 bits per heavy atom. The van der Waals surface area contributed by atoms with Crippen molar-refractivity contribution in [2.75, 3.05) is 6.61 Å². The third-order valence-corrected chi connectivity index (χ3v) is 6.72. The number of amidine groups is 1. The van der Waals surface area contributed by atoms with Crippen molar-refractivity contribution < 1.29 is 19.1 Å². The Balaban J connectivity index is 0.00000342. The number of halogens is 1. The van der Waals surface area contributed by atoms with E-state index in [1.165, 1.54) is 6.42 Å². The smallest absolute Gasteiger partial charge is 0.306 e. The Hall–Kier alpha value is -3.06. The van der Waals surface area contributed by atoms with E-state index in [4.69, 9.17) is 20.6 Å². The number of carbonyl (C=O) groups excluding carboxylic acids is 2. The molecule has 7 nitrogen and oxygen atoms in total. The lowest BCUT2D eigenvalue weighted by atomic mass is 9.88. The van der Waals surface area contributed by atoms with Crippen molar-refractivity contribution in [3.8, 4) is 16.9 Å². The van der Waals surface area contributed by atoms with Crippen molar-refractivity contribution in [3.63, 3.8) is 0 Å². The highest BCUT2D eigenvalue weighted by molar-refractivity contribution is 5.95. The maximum absolute atomic E-state index is 12.4. The van der Waals surface area contributed by atoms with Crippen LogP contribution in [0.2, 0.25) is 0 Å². The first kappa shape index (κ1) is 26.5. The second kappa shape index (κ2) is 12.1. The largest absolute Gasteiger partial charge is 0.491 e. The van der Waals surface area contributed by atoms with Crippen LogP contribution in [0.3, 0.4) is 0 Å². The summed E-state index contributed by atoms with van der Waals surface area (Å²) in [5.41, 5.74) is 8.26. The minimum Gasteiger partial charge on any atom is -0.491 e. The molecule has 188 valence electrons. The molecule has 1 saturated heterocycles. The molecule has 0 spiro atoms. The van der Waals surface area contributed by atoms with Crippen LogP contribution in [0, 0.1) is 17.2 Å². The van der Waals surface area contributed by atoms with Gasteiger partial charge in [-0.2, -0.15) is 0 Å². The number of nitrogens with one attached hydrogen (secondary N) is 2. The molecular weight excluding hydrogens is 466 g/mol. The van der Waals surface area contributed by atoms with Gasteiger partial charge in [0.05, 0.1) is 18.4 Å². The number of hydrogen-bond donors (Lipinski definition) is 3. The van der Waals surface area contributed by atoms with Gasteiger partial charge in [-0.15, -0.1) is 12.4 Å². The van der Waals surface area contributed by atoms with Gasteiger partial charge in [0.15, 0.2) is 0 Å². The zero-order valence-electron chi connectivity index (χ0n) is 20.0. The van der Waals surface area contributed by atoms with Crippen LogP contribution in [-0.2, 0) is 14.3 Å². The molecule has 8 heteroatoms. The average Bonchev–Trinajstić information content (AvgIpc) is 3.17. The highest BCUT2D eigenvalue weighted by Crippen LogP contribution is 2.28. The van der Waals surface area contributed by atoms with Gasteiger partial charge in [-0.25, -0.2) is 0 Å². The highest BCUT2D eigenvalue weighted by Gasteiger charge is 2.35. The van der Waals surface area contributed by atoms with E-state index in [0.717, 1.165) is 30.4 Å². The number of amides is 1. The maximum atomic E-state index is 12.4. The van der Waals surface area contributed by atoms with Crippen LogP contribution in [0.1, 0.15) is 51.0 Å². The molecule has 2 aromatic carbocycles. The molecular formula is C27H34ClN3O4. The summed E-state index contributed by atoms with van der Waals surface area (Å²) in [5.74, 6) is 0.617. The van der Waals surface area contributed by atoms with Crippen molar-refractivity contribution in [2.45, 2.75) is 57.6 Å². The Kier molecular flexibility index (Phi) is 9.15. The molecule has 4 rings (SSSR count). The quantitative estimate of drug-likeness (QED) is 0.282. The topological polar surface area (TPSA) is 114 Å². The van der Waals surface area contributed by atoms with Crippen molar-refractivity contribution in [1.82, 2.24) is 5.32 Å². The Morgan fingerprint density at radius 2 is 1.71 bits per heavy atom. The normalized spacial score (nSPS) is 23.6. The summed E-state index contributed by atoms with van der Waals surface area (Å²) in [5, 5.41) is 10.4. The fourth-order valence-electron chi connectivity index (χ4n) is 4.82. The van der Waals surface area contributed by atoms with E-state index in [9.17, 15) is 9.59 Å². The zero-order chi connectivity index (χ0) is 24.1. The minimum absolute atomic E-state index is 0. The number of esters is 1. The third-order valence-electron chi connectivity index (χ3n) is 6.72. The van der Waals surface area contributed by atoms with E-state index >= 15 is 0 Å². The SMILES string of the molecule is CC1CCCC(OC(=O)C[C@@H]2C[C@@H](COc3ccc(-c4ccc(C(=N)N)cc4)cc3)NC2=O)C1.Cl. The molecule has 35 heavy (non-hydrogen) atoms. The monoisotopic (exact) mass is 499 g/mol. The number of nitrogen functional groups attached to an aromatic ring is 1. The molecule has 1 saturated carbocycles. The molecule has 2 aromatic rings. The summed E-state index contributed by atoms with van der Waals surface area (Å²) in [6.45, 7) is 2.54. The zero-order valence-corrected chi connectivity index (χ0v) is 20.8. The molecule has 1 amide bonds. The summed E-state index contributed by atoms with van der Waals surface area (Å²) < 4.78 is 11.5. The molecule has 1 heterocycles. The summed E-state index contributed by atoms with van der Waals surface area (Å²) in [6, 6.07) is 15.1. The van der Waals surface area contributed by atoms with Gasteiger partial charge in [0.25, 0.3) is 0 Å². The molecule has 4 atom stereocenters. The van der Waals surface area contributed by atoms with E-state index < -0.39 is 0 Å². The van der Waals surface area contributed by atoms with E-state index in [1.54, 1.807) is 0 Å². The third kappa shape index (κ3) is 7.21. The van der Waals surface area contributed by atoms with E-state index in [1.807, 2.05) is 48.5 Å². The van der Waals surface area contributed by atoms with Crippen molar-refractivity contribution in [1.29, 1.82) is 5.41 Å². The van der Waals surface area contributed by atoms with Gasteiger partial charge in [0, 0.05) is 5.56 Å². The van der Waals surface area contributed by atoms with Gasteiger partial charge >= 0.3 is 5.97 Å². The van der Waals surface area contributed by atoms with Crippen LogP contribution in [0.25, 0.3) is 11.1 Å². The number of carbonyl (C=O) groups is 2. The number of rotatable bonds is 8. The summed E-state index contributed by atoms with van der Waals surface area (Å²) in [6.07, 6.45) is 4.82. The van der Waals surface area contributed by atoms with Gasteiger partial charge in [-0.1, -0.05) is 49.7 Å². The van der Waals surface area contributed by atoms with Gasteiger partial charge < -0.3 is 20.5 Å². The van der Waals surface area contributed by atoms with E-state index in [0.29, 0.717) is 30.3 Å². The van der Waals surface area contributed by atoms with Gasteiger partial charge in [-0.3, -0.25) is 15.0 Å². The number of nitrogens with two attached hydrogens (primary N) is 1. The molecule has 2 aliphatic rings. The first-order valence-electron chi connectivity index (χ1n) is 12.0. The molecule has 1 aliphatic carbocycles. The molecule has 2 unspecified atom stereocenters. The number of hydrogen-bond acceptors (Lipinski definition) is 5. The second-order valence-electron chi connectivity index (χ2n) is 9.55. The highest BCUT2D eigenvalue weighted by atomic mass is 35.5. The molecule has 1 aliphatic heterocycles. The molecule has 0 aromatic heterocycles. The number of benzene rings is 2. The molecule has 0 radical (unpaired) electrons. The Morgan fingerprint density at radius 1 is 1.06 bits per heavy atom. The van der Waals surface area contributed by atoms with Crippen LogP contribution in [0.5, 0.6) is 5.75 Å². The number of ether oxygens (including phenoxy) is 2.